The van der Waals surface area contributed by atoms with E-state index in [2.05, 4.69) is 10.6 Å². The van der Waals surface area contributed by atoms with Crippen molar-refractivity contribution in [3.63, 3.8) is 0 Å². The van der Waals surface area contributed by atoms with Gasteiger partial charge in [0.15, 0.2) is 6.61 Å². The molecule has 0 spiro atoms. The Labute approximate surface area is 129 Å². The lowest BCUT2D eigenvalue weighted by Gasteiger charge is -2.11. The minimum atomic E-state index is -0.211. The largest absolute Gasteiger partial charge is 0.483 e. The van der Waals surface area contributed by atoms with Crippen molar-refractivity contribution in [1.29, 1.82) is 0 Å². The molecule has 0 saturated heterocycles. The molecule has 2 N–H and O–H groups in total. The number of anilines is 1. The fourth-order valence-electron chi connectivity index (χ4n) is 1.85. The molecule has 0 aliphatic rings. The molecule has 0 heterocycles. The molecule has 1 amide bonds. The number of ether oxygens (including phenoxy) is 1. The van der Waals surface area contributed by atoms with Crippen molar-refractivity contribution in [1.82, 2.24) is 5.32 Å². The number of carbonyl (C=O) groups excluding carboxylic acids is 1. The van der Waals surface area contributed by atoms with Crippen LogP contribution in [0.2, 0.25) is 5.02 Å². The number of halogens is 1. The van der Waals surface area contributed by atoms with Gasteiger partial charge in [0.25, 0.3) is 5.91 Å². The van der Waals surface area contributed by atoms with E-state index in [1.807, 2.05) is 31.3 Å². The van der Waals surface area contributed by atoms with Crippen molar-refractivity contribution in [3.8, 4) is 5.75 Å². The van der Waals surface area contributed by atoms with Gasteiger partial charge in [0.1, 0.15) is 5.75 Å². The van der Waals surface area contributed by atoms with Crippen molar-refractivity contribution >= 4 is 23.2 Å². The summed E-state index contributed by atoms with van der Waals surface area (Å²) in [6, 6.07) is 14.6. The number of amides is 1. The van der Waals surface area contributed by atoms with Crippen molar-refractivity contribution < 1.29 is 9.53 Å². The van der Waals surface area contributed by atoms with Crippen LogP contribution in [0.15, 0.2) is 48.5 Å². The van der Waals surface area contributed by atoms with Gasteiger partial charge in [-0.1, -0.05) is 29.8 Å². The van der Waals surface area contributed by atoms with Gasteiger partial charge in [-0.3, -0.25) is 4.79 Å². The van der Waals surface area contributed by atoms with Crippen LogP contribution in [0, 0.1) is 0 Å². The molecule has 2 aromatic carbocycles. The highest BCUT2D eigenvalue weighted by Gasteiger charge is 2.06. The summed E-state index contributed by atoms with van der Waals surface area (Å²) < 4.78 is 5.57. The van der Waals surface area contributed by atoms with Gasteiger partial charge < -0.3 is 15.4 Å². The maximum atomic E-state index is 11.9. The van der Waals surface area contributed by atoms with Crippen molar-refractivity contribution in [2.45, 2.75) is 6.54 Å². The summed E-state index contributed by atoms with van der Waals surface area (Å²) in [5.41, 5.74) is 1.70. The zero-order chi connectivity index (χ0) is 15.1. The fraction of sp³-hybridized carbons (Fsp3) is 0.188. The Balaban J connectivity index is 1.90. The molecule has 0 aromatic heterocycles. The monoisotopic (exact) mass is 304 g/mol. The van der Waals surface area contributed by atoms with Crippen LogP contribution >= 0.6 is 11.6 Å². The standard InChI is InChI=1S/C16H17ClN2O2/c1-18-10-12-4-2-3-5-15(12)21-11-16(20)19-14-8-6-13(17)7-9-14/h2-9,18H,10-11H2,1H3,(H,19,20). The summed E-state index contributed by atoms with van der Waals surface area (Å²) >= 11 is 5.79. The lowest BCUT2D eigenvalue weighted by molar-refractivity contribution is -0.118. The van der Waals surface area contributed by atoms with Crippen molar-refractivity contribution in [3.05, 3.63) is 59.1 Å². The van der Waals surface area contributed by atoms with E-state index in [1.54, 1.807) is 24.3 Å². The predicted molar refractivity (Wildman–Crippen MR) is 84.8 cm³/mol. The van der Waals surface area contributed by atoms with Crippen LogP contribution in [-0.4, -0.2) is 19.6 Å². The number of nitrogens with one attached hydrogen (secondary N) is 2. The summed E-state index contributed by atoms with van der Waals surface area (Å²) in [5, 5.41) is 6.45. The lowest BCUT2D eigenvalue weighted by Crippen LogP contribution is -2.20. The highest BCUT2D eigenvalue weighted by atomic mass is 35.5. The van der Waals surface area contributed by atoms with Crippen LogP contribution in [0.4, 0.5) is 5.69 Å². The number of benzene rings is 2. The lowest BCUT2D eigenvalue weighted by atomic mass is 10.2. The average molecular weight is 305 g/mol. The predicted octanol–water partition coefficient (Wildman–Crippen LogP) is 3.08. The maximum absolute atomic E-state index is 11.9. The van der Waals surface area contributed by atoms with Gasteiger partial charge in [-0.05, 0) is 37.4 Å². The second-order valence-electron chi connectivity index (χ2n) is 4.48. The third-order valence-corrected chi connectivity index (χ3v) is 3.08. The van der Waals surface area contributed by atoms with E-state index < -0.39 is 0 Å². The molecule has 2 rings (SSSR count). The molecule has 21 heavy (non-hydrogen) atoms. The number of hydrogen-bond acceptors (Lipinski definition) is 3. The first-order valence-corrected chi connectivity index (χ1v) is 6.97. The van der Waals surface area contributed by atoms with Gasteiger partial charge in [-0.25, -0.2) is 0 Å². The van der Waals surface area contributed by atoms with Gasteiger partial charge >= 0.3 is 0 Å². The Morgan fingerprint density at radius 3 is 2.57 bits per heavy atom. The average Bonchev–Trinajstić information content (AvgIpc) is 2.49. The van der Waals surface area contributed by atoms with Crippen LogP contribution in [0.5, 0.6) is 5.75 Å². The molecule has 0 radical (unpaired) electrons. The van der Waals surface area contributed by atoms with Crippen LogP contribution in [0.1, 0.15) is 5.56 Å². The maximum Gasteiger partial charge on any atom is 0.262 e. The van der Waals surface area contributed by atoms with Gasteiger partial charge in [0.2, 0.25) is 0 Å². The molecule has 5 heteroatoms. The van der Waals surface area contributed by atoms with E-state index in [1.165, 1.54) is 0 Å². The van der Waals surface area contributed by atoms with Crippen LogP contribution in [0.25, 0.3) is 0 Å². The van der Waals surface area contributed by atoms with Gasteiger partial charge in [0.05, 0.1) is 0 Å². The molecule has 0 aliphatic heterocycles. The molecule has 110 valence electrons. The van der Waals surface area contributed by atoms with Gasteiger partial charge in [0, 0.05) is 22.8 Å². The Bertz CT molecular complexity index is 599. The van der Waals surface area contributed by atoms with E-state index in [0.29, 0.717) is 23.0 Å². The second-order valence-corrected chi connectivity index (χ2v) is 4.92. The van der Waals surface area contributed by atoms with E-state index >= 15 is 0 Å². The Hall–Kier alpha value is -2.04. The fourth-order valence-corrected chi connectivity index (χ4v) is 1.98. The quantitative estimate of drug-likeness (QED) is 0.862. The summed E-state index contributed by atoms with van der Waals surface area (Å²) in [5.74, 6) is 0.495. The Kier molecular flexibility index (Phi) is 5.60. The third-order valence-electron chi connectivity index (χ3n) is 2.83. The van der Waals surface area contributed by atoms with E-state index in [4.69, 9.17) is 16.3 Å². The molecular formula is C16H17ClN2O2. The number of rotatable bonds is 6. The molecule has 0 atom stereocenters. The van der Waals surface area contributed by atoms with Crippen LogP contribution in [-0.2, 0) is 11.3 Å². The minimum absolute atomic E-state index is 0.0383. The number of carbonyl (C=O) groups is 1. The second kappa shape index (κ2) is 7.67. The molecule has 0 aliphatic carbocycles. The molecule has 0 fully saturated rings. The molecule has 0 saturated carbocycles. The first-order chi connectivity index (χ1) is 10.2. The van der Waals surface area contributed by atoms with E-state index in [9.17, 15) is 4.79 Å². The van der Waals surface area contributed by atoms with Crippen LogP contribution in [0.3, 0.4) is 0 Å². The summed E-state index contributed by atoms with van der Waals surface area (Å²) in [7, 11) is 1.87. The SMILES string of the molecule is CNCc1ccccc1OCC(=O)Nc1ccc(Cl)cc1. The zero-order valence-corrected chi connectivity index (χ0v) is 12.5. The van der Waals surface area contributed by atoms with Gasteiger partial charge in [-0.2, -0.15) is 0 Å². The van der Waals surface area contributed by atoms with E-state index in [0.717, 1.165) is 5.56 Å². The molecule has 0 unspecified atom stereocenters. The van der Waals surface area contributed by atoms with E-state index in [-0.39, 0.29) is 12.5 Å². The first-order valence-electron chi connectivity index (χ1n) is 6.60. The molecular weight excluding hydrogens is 288 g/mol. The highest BCUT2D eigenvalue weighted by Crippen LogP contribution is 2.18. The summed E-state index contributed by atoms with van der Waals surface area (Å²) in [6.45, 7) is 0.651. The topological polar surface area (TPSA) is 50.4 Å². The van der Waals surface area contributed by atoms with Gasteiger partial charge in [-0.15, -0.1) is 0 Å². The Morgan fingerprint density at radius 2 is 1.86 bits per heavy atom. The summed E-state index contributed by atoms with van der Waals surface area (Å²) in [4.78, 5) is 11.9. The number of hydrogen-bond donors (Lipinski definition) is 2. The van der Waals surface area contributed by atoms with Crippen molar-refractivity contribution in [2.75, 3.05) is 19.0 Å². The number of para-hydroxylation sites is 1. The highest BCUT2D eigenvalue weighted by molar-refractivity contribution is 6.30. The third kappa shape index (κ3) is 4.77. The smallest absolute Gasteiger partial charge is 0.262 e. The molecule has 4 nitrogen and oxygen atoms in total. The Morgan fingerprint density at radius 1 is 1.14 bits per heavy atom. The van der Waals surface area contributed by atoms with Crippen molar-refractivity contribution in [2.24, 2.45) is 0 Å². The molecule has 2 aromatic rings. The first kappa shape index (κ1) is 15.4. The molecule has 0 bridgehead atoms. The summed E-state index contributed by atoms with van der Waals surface area (Å²) in [6.07, 6.45) is 0. The normalized spacial score (nSPS) is 10.2. The minimum Gasteiger partial charge on any atom is -0.483 e. The van der Waals surface area contributed by atoms with Crippen LogP contribution < -0.4 is 15.4 Å². The zero-order valence-electron chi connectivity index (χ0n) is 11.7.